The van der Waals surface area contributed by atoms with E-state index in [1.807, 2.05) is 0 Å². The summed E-state index contributed by atoms with van der Waals surface area (Å²) in [6, 6.07) is 1.04. The van der Waals surface area contributed by atoms with Crippen molar-refractivity contribution in [3.63, 3.8) is 0 Å². The van der Waals surface area contributed by atoms with Crippen molar-refractivity contribution >= 4 is 27.5 Å². The molecule has 0 bridgehead atoms. The van der Waals surface area contributed by atoms with E-state index in [1.54, 1.807) is 0 Å². The summed E-state index contributed by atoms with van der Waals surface area (Å²) in [6.07, 6.45) is 4.99. The summed E-state index contributed by atoms with van der Waals surface area (Å²) >= 11 is 3.04. The summed E-state index contributed by atoms with van der Waals surface area (Å²) in [6.45, 7) is 0. The van der Waals surface area contributed by atoms with E-state index in [1.165, 1.54) is 18.6 Å². The lowest BCUT2D eigenvalue weighted by Gasteiger charge is -2.04. The third-order valence-corrected chi connectivity index (χ3v) is 2.70. The van der Waals surface area contributed by atoms with Gasteiger partial charge >= 0.3 is 0 Å². The number of aromatic nitrogens is 2. The SMILES string of the molecule is O=C(Nc1c[nH]cc(Br)c1=O)c1cncc(F)c1. The van der Waals surface area contributed by atoms with Gasteiger partial charge in [-0.3, -0.25) is 14.6 Å². The van der Waals surface area contributed by atoms with Gasteiger partial charge in [0.1, 0.15) is 11.5 Å². The highest BCUT2D eigenvalue weighted by molar-refractivity contribution is 9.10. The van der Waals surface area contributed by atoms with Crippen molar-refractivity contribution in [1.29, 1.82) is 0 Å². The minimum Gasteiger partial charge on any atom is -0.365 e. The fourth-order valence-electron chi connectivity index (χ4n) is 1.28. The number of amides is 1. The second-order valence-electron chi connectivity index (χ2n) is 3.39. The van der Waals surface area contributed by atoms with Crippen molar-refractivity contribution in [2.24, 2.45) is 0 Å². The first-order valence-corrected chi connectivity index (χ1v) is 5.66. The third-order valence-electron chi connectivity index (χ3n) is 2.11. The van der Waals surface area contributed by atoms with Crippen LogP contribution in [-0.4, -0.2) is 15.9 Å². The van der Waals surface area contributed by atoms with Gasteiger partial charge in [-0.25, -0.2) is 4.39 Å². The van der Waals surface area contributed by atoms with E-state index in [-0.39, 0.29) is 21.2 Å². The van der Waals surface area contributed by atoms with E-state index in [4.69, 9.17) is 0 Å². The number of hydrogen-bond acceptors (Lipinski definition) is 3. The molecule has 0 saturated carbocycles. The molecular formula is C11H7BrFN3O2. The summed E-state index contributed by atoms with van der Waals surface area (Å²) in [5, 5.41) is 2.38. The lowest BCUT2D eigenvalue weighted by molar-refractivity contribution is 0.102. The number of pyridine rings is 2. The zero-order chi connectivity index (χ0) is 13.1. The van der Waals surface area contributed by atoms with Gasteiger partial charge in [0.15, 0.2) is 0 Å². The first kappa shape index (κ1) is 12.4. The highest BCUT2D eigenvalue weighted by Crippen LogP contribution is 2.08. The first-order chi connectivity index (χ1) is 8.58. The van der Waals surface area contributed by atoms with Crippen molar-refractivity contribution in [1.82, 2.24) is 9.97 Å². The Bertz CT molecular complexity index is 657. The number of nitrogens with zero attached hydrogens (tertiary/aromatic N) is 1. The Labute approximate surface area is 109 Å². The molecule has 0 fully saturated rings. The average Bonchev–Trinajstić information content (AvgIpc) is 2.35. The van der Waals surface area contributed by atoms with Gasteiger partial charge in [0.2, 0.25) is 5.43 Å². The largest absolute Gasteiger partial charge is 0.365 e. The van der Waals surface area contributed by atoms with Crippen LogP contribution in [0, 0.1) is 5.82 Å². The average molecular weight is 312 g/mol. The van der Waals surface area contributed by atoms with Gasteiger partial charge in [0.05, 0.1) is 16.2 Å². The molecule has 0 unspecified atom stereocenters. The molecule has 1 amide bonds. The van der Waals surface area contributed by atoms with Crippen LogP contribution in [-0.2, 0) is 0 Å². The molecule has 2 heterocycles. The molecule has 92 valence electrons. The normalized spacial score (nSPS) is 10.1. The zero-order valence-electron chi connectivity index (χ0n) is 8.91. The molecule has 2 aromatic rings. The molecule has 0 aliphatic carbocycles. The van der Waals surface area contributed by atoms with Gasteiger partial charge in [-0.2, -0.15) is 0 Å². The van der Waals surface area contributed by atoms with Gasteiger partial charge < -0.3 is 10.3 Å². The maximum absolute atomic E-state index is 12.9. The number of H-pyrrole nitrogens is 1. The van der Waals surface area contributed by atoms with E-state index in [0.717, 1.165) is 12.3 Å². The van der Waals surface area contributed by atoms with Crippen LogP contribution < -0.4 is 10.7 Å². The Kier molecular flexibility index (Phi) is 3.52. The molecule has 2 aromatic heterocycles. The Hall–Kier alpha value is -2.02. The molecule has 2 rings (SSSR count). The molecule has 0 spiro atoms. The van der Waals surface area contributed by atoms with Crippen LogP contribution in [0.25, 0.3) is 0 Å². The number of rotatable bonds is 2. The van der Waals surface area contributed by atoms with E-state index in [9.17, 15) is 14.0 Å². The van der Waals surface area contributed by atoms with E-state index >= 15 is 0 Å². The van der Waals surface area contributed by atoms with Crippen LogP contribution >= 0.6 is 15.9 Å². The third kappa shape index (κ3) is 2.62. The van der Waals surface area contributed by atoms with E-state index in [0.29, 0.717) is 0 Å². The highest BCUT2D eigenvalue weighted by Gasteiger charge is 2.10. The predicted octanol–water partition coefficient (Wildman–Crippen LogP) is 1.92. The van der Waals surface area contributed by atoms with Gasteiger partial charge in [-0.1, -0.05) is 0 Å². The number of carbonyl (C=O) groups is 1. The molecule has 0 radical (unpaired) electrons. The number of hydrogen-bond donors (Lipinski definition) is 2. The topological polar surface area (TPSA) is 74.8 Å². The molecule has 0 aromatic carbocycles. The highest BCUT2D eigenvalue weighted by atomic mass is 79.9. The Morgan fingerprint density at radius 3 is 2.89 bits per heavy atom. The molecule has 2 N–H and O–H groups in total. The van der Waals surface area contributed by atoms with Gasteiger partial charge in [0.25, 0.3) is 5.91 Å². The molecule has 18 heavy (non-hydrogen) atoms. The van der Waals surface area contributed by atoms with Gasteiger partial charge in [-0.05, 0) is 22.0 Å². The Balaban J connectivity index is 2.27. The first-order valence-electron chi connectivity index (χ1n) is 4.86. The number of halogens is 2. The Morgan fingerprint density at radius 1 is 1.39 bits per heavy atom. The summed E-state index contributed by atoms with van der Waals surface area (Å²) in [5.74, 6) is -1.23. The quantitative estimate of drug-likeness (QED) is 0.890. The number of anilines is 1. The number of nitrogens with one attached hydrogen (secondary N) is 2. The fraction of sp³-hybridized carbons (Fsp3) is 0. The van der Waals surface area contributed by atoms with Crippen LogP contribution in [0.4, 0.5) is 10.1 Å². The summed E-state index contributed by atoms with van der Waals surface area (Å²) in [5.41, 5.74) is -0.264. The predicted molar refractivity (Wildman–Crippen MR) is 66.9 cm³/mol. The Morgan fingerprint density at radius 2 is 2.17 bits per heavy atom. The van der Waals surface area contributed by atoms with Crippen molar-refractivity contribution in [2.45, 2.75) is 0 Å². The fourth-order valence-corrected chi connectivity index (χ4v) is 1.63. The molecule has 7 heteroatoms. The van der Waals surface area contributed by atoms with Gasteiger partial charge in [-0.15, -0.1) is 0 Å². The lowest BCUT2D eigenvalue weighted by atomic mass is 10.2. The van der Waals surface area contributed by atoms with Crippen LogP contribution in [0.15, 0.2) is 40.1 Å². The van der Waals surface area contributed by atoms with Crippen molar-refractivity contribution in [2.75, 3.05) is 5.32 Å². The lowest BCUT2D eigenvalue weighted by Crippen LogP contribution is -2.19. The molecular weight excluding hydrogens is 305 g/mol. The van der Waals surface area contributed by atoms with Crippen molar-refractivity contribution in [3.8, 4) is 0 Å². The monoisotopic (exact) mass is 311 g/mol. The summed E-state index contributed by atoms with van der Waals surface area (Å²) in [7, 11) is 0. The molecule has 0 aliphatic rings. The second kappa shape index (κ2) is 5.09. The van der Waals surface area contributed by atoms with Crippen LogP contribution in [0.2, 0.25) is 0 Å². The van der Waals surface area contributed by atoms with Crippen molar-refractivity contribution < 1.29 is 9.18 Å². The number of carbonyl (C=O) groups excluding carboxylic acids is 1. The molecule has 0 atom stereocenters. The van der Waals surface area contributed by atoms with Crippen LogP contribution in [0.5, 0.6) is 0 Å². The van der Waals surface area contributed by atoms with Crippen LogP contribution in [0.3, 0.4) is 0 Å². The zero-order valence-corrected chi connectivity index (χ0v) is 10.5. The maximum atomic E-state index is 12.9. The maximum Gasteiger partial charge on any atom is 0.257 e. The molecule has 0 saturated heterocycles. The second-order valence-corrected chi connectivity index (χ2v) is 4.25. The minimum absolute atomic E-state index is 0.0365. The molecule has 5 nitrogen and oxygen atoms in total. The van der Waals surface area contributed by atoms with E-state index < -0.39 is 11.7 Å². The molecule has 0 aliphatic heterocycles. The van der Waals surface area contributed by atoms with Crippen molar-refractivity contribution in [3.05, 3.63) is 56.9 Å². The number of aromatic amines is 1. The standard InChI is InChI=1S/C11H7BrFN3O2/c12-8-4-15-5-9(10(8)17)16-11(18)6-1-7(13)3-14-2-6/h1-5H,(H,15,17)(H,16,18). The smallest absolute Gasteiger partial charge is 0.257 e. The van der Waals surface area contributed by atoms with Gasteiger partial charge in [0, 0.05) is 18.6 Å². The van der Waals surface area contributed by atoms with Crippen LogP contribution in [0.1, 0.15) is 10.4 Å². The minimum atomic E-state index is -0.620. The van der Waals surface area contributed by atoms with E-state index in [2.05, 4.69) is 31.2 Å². The summed E-state index contributed by atoms with van der Waals surface area (Å²) in [4.78, 5) is 29.6. The summed E-state index contributed by atoms with van der Waals surface area (Å²) < 4.78 is 13.2.